The molecule has 0 aliphatic carbocycles. The maximum absolute atomic E-state index is 3.62. The molecule has 15 heavy (non-hydrogen) atoms. The lowest BCUT2D eigenvalue weighted by molar-refractivity contribution is 0.181. The third-order valence-corrected chi connectivity index (χ3v) is 3.85. The minimum absolute atomic E-state index is 0.735. The Morgan fingerprint density at radius 1 is 1.20 bits per heavy atom. The van der Waals surface area contributed by atoms with Crippen LogP contribution in [0.5, 0.6) is 0 Å². The van der Waals surface area contributed by atoms with Crippen molar-refractivity contribution in [3.8, 4) is 0 Å². The fourth-order valence-corrected chi connectivity index (χ4v) is 2.76. The summed E-state index contributed by atoms with van der Waals surface area (Å²) in [5.74, 6) is 0. The number of piperidine rings is 1. The van der Waals surface area contributed by atoms with Crippen LogP contribution in [0, 0.1) is 0 Å². The van der Waals surface area contributed by atoms with Crippen LogP contribution in [0.4, 0.5) is 0 Å². The van der Waals surface area contributed by atoms with Crippen LogP contribution in [-0.2, 0) is 0 Å². The van der Waals surface area contributed by atoms with Gasteiger partial charge in [0, 0.05) is 25.2 Å². The minimum atomic E-state index is 0.735. The normalized spacial score (nSPS) is 33.4. The van der Waals surface area contributed by atoms with Crippen molar-refractivity contribution in [1.29, 1.82) is 0 Å². The molecule has 0 spiro atoms. The Bertz CT molecular complexity index is 178. The first kappa shape index (κ1) is 11.4. The van der Waals surface area contributed by atoms with Gasteiger partial charge in [0.2, 0.25) is 0 Å². The second-order valence-corrected chi connectivity index (χ2v) is 5.08. The molecule has 0 amide bonds. The van der Waals surface area contributed by atoms with E-state index in [0.29, 0.717) is 0 Å². The zero-order valence-electron chi connectivity index (χ0n) is 9.97. The first-order valence-corrected chi connectivity index (χ1v) is 6.50. The molecule has 2 atom stereocenters. The molecule has 88 valence electrons. The molecule has 2 saturated heterocycles. The molecule has 2 aliphatic rings. The Kier molecular flexibility index (Phi) is 4.42. The summed E-state index contributed by atoms with van der Waals surface area (Å²) in [5.41, 5.74) is 0. The van der Waals surface area contributed by atoms with Crippen LogP contribution in [0.25, 0.3) is 0 Å². The van der Waals surface area contributed by atoms with Crippen molar-refractivity contribution in [2.45, 2.75) is 44.2 Å². The SMILES string of the molecule is CN1CCCCC1CNCC1CCCN1. The summed E-state index contributed by atoms with van der Waals surface area (Å²) in [5, 5.41) is 7.15. The molecule has 0 saturated carbocycles. The standard InChI is InChI=1S/C12H25N3/c1-15-8-3-2-6-12(15)10-13-9-11-5-4-7-14-11/h11-14H,2-10H2,1H3. The molecule has 0 aromatic carbocycles. The number of hydrogen-bond acceptors (Lipinski definition) is 3. The minimum Gasteiger partial charge on any atom is -0.314 e. The van der Waals surface area contributed by atoms with Crippen LogP contribution >= 0.6 is 0 Å². The number of hydrogen-bond donors (Lipinski definition) is 2. The number of nitrogens with one attached hydrogen (secondary N) is 2. The van der Waals surface area contributed by atoms with Gasteiger partial charge in [-0.1, -0.05) is 6.42 Å². The Hall–Kier alpha value is -0.120. The van der Waals surface area contributed by atoms with E-state index in [2.05, 4.69) is 22.6 Å². The van der Waals surface area contributed by atoms with Gasteiger partial charge in [0.25, 0.3) is 0 Å². The second kappa shape index (κ2) is 5.83. The summed E-state index contributed by atoms with van der Waals surface area (Å²) in [7, 11) is 2.26. The molecule has 0 bridgehead atoms. The Labute approximate surface area is 93.6 Å². The summed E-state index contributed by atoms with van der Waals surface area (Å²) in [6.07, 6.45) is 6.89. The van der Waals surface area contributed by atoms with Gasteiger partial charge in [-0.05, 0) is 45.8 Å². The molecule has 2 unspecified atom stereocenters. The molecule has 2 fully saturated rings. The average Bonchev–Trinajstić information content (AvgIpc) is 2.74. The van der Waals surface area contributed by atoms with Crippen molar-refractivity contribution in [2.24, 2.45) is 0 Å². The lowest BCUT2D eigenvalue weighted by atomic mass is 10.0. The maximum Gasteiger partial charge on any atom is 0.0217 e. The van der Waals surface area contributed by atoms with Crippen LogP contribution in [0.15, 0.2) is 0 Å². The van der Waals surface area contributed by atoms with E-state index in [9.17, 15) is 0 Å². The Morgan fingerprint density at radius 3 is 2.87 bits per heavy atom. The summed E-state index contributed by atoms with van der Waals surface area (Å²) in [6, 6.07) is 1.51. The predicted molar refractivity (Wildman–Crippen MR) is 64.2 cm³/mol. The van der Waals surface area contributed by atoms with Crippen LogP contribution in [0.1, 0.15) is 32.1 Å². The topological polar surface area (TPSA) is 27.3 Å². The van der Waals surface area contributed by atoms with Gasteiger partial charge in [-0.3, -0.25) is 0 Å². The Balaban J connectivity index is 1.59. The molecule has 0 aromatic rings. The van der Waals surface area contributed by atoms with E-state index in [1.54, 1.807) is 0 Å². The molecule has 3 heteroatoms. The summed E-state index contributed by atoms with van der Waals surface area (Å²) < 4.78 is 0. The van der Waals surface area contributed by atoms with Gasteiger partial charge in [0.15, 0.2) is 0 Å². The molecule has 0 aromatic heterocycles. The van der Waals surface area contributed by atoms with Crippen LogP contribution in [0.3, 0.4) is 0 Å². The van der Waals surface area contributed by atoms with Crippen LogP contribution in [0.2, 0.25) is 0 Å². The van der Waals surface area contributed by atoms with Crippen molar-refractivity contribution in [3.05, 3.63) is 0 Å². The van der Waals surface area contributed by atoms with Gasteiger partial charge >= 0.3 is 0 Å². The highest BCUT2D eigenvalue weighted by Gasteiger charge is 2.19. The average molecular weight is 211 g/mol. The van der Waals surface area contributed by atoms with E-state index < -0.39 is 0 Å². The third-order valence-electron chi connectivity index (χ3n) is 3.85. The zero-order chi connectivity index (χ0) is 10.5. The van der Waals surface area contributed by atoms with Crippen LogP contribution < -0.4 is 10.6 Å². The van der Waals surface area contributed by atoms with Gasteiger partial charge in [-0.2, -0.15) is 0 Å². The number of likely N-dealkylation sites (tertiary alicyclic amines) is 1. The molecule has 3 nitrogen and oxygen atoms in total. The predicted octanol–water partition coefficient (Wildman–Crippen LogP) is 0.812. The monoisotopic (exact) mass is 211 g/mol. The van der Waals surface area contributed by atoms with Gasteiger partial charge in [0.05, 0.1) is 0 Å². The van der Waals surface area contributed by atoms with Gasteiger partial charge in [-0.25, -0.2) is 0 Å². The van der Waals surface area contributed by atoms with Crippen molar-refractivity contribution in [2.75, 3.05) is 33.2 Å². The molecule has 2 aliphatic heterocycles. The lowest BCUT2D eigenvalue weighted by Gasteiger charge is -2.32. The van der Waals surface area contributed by atoms with Gasteiger partial charge in [-0.15, -0.1) is 0 Å². The zero-order valence-corrected chi connectivity index (χ0v) is 9.97. The quantitative estimate of drug-likeness (QED) is 0.721. The van der Waals surface area contributed by atoms with E-state index >= 15 is 0 Å². The van der Waals surface area contributed by atoms with Crippen molar-refractivity contribution >= 4 is 0 Å². The van der Waals surface area contributed by atoms with Gasteiger partial charge < -0.3 is 15.5 Å². The highest BCUT2D eigenvalue weighted by atomic mass is 15.2. The molecule has 2 rings (SSSR count). The molecule has 2 heterocycles. The number of likely N-dealkylation sites (N-methyl/N-ethyl adjacent to an activating group) is 1. The number of nitrogens with zero attached hydrogens (tertiary/aromatic N) is 1. The van der Waals surface area contributed by atoms with Crippen molar-refractivity contribution in [3.63, 3.8) is 0 Å². The van der Waals surface area contributed by atoms with E-state index in [-0.39, 0.29) is 0 Å². The Morgan fingerprint density at radius 2 is 2.13 bits per heavy atom. The lowest BCUT2D eigenvalue weighted by Crippen LogP contribution is -2.45. The van der Waals surface area contributed by atoms with E-state index in [0.717, 1.165) is 18.6 Å². The van der Waals surface area contributed by atoms with Crippen molar-refractivity contribution in [1.82, 2.24) is 15.5 Å². The summed E-state index contributed by atoms with van der Waals surface area (Å²) in [6.45, 7) is 4.84. The van der Waals surface area contributed by atoms with E-state index in [1.807, 2.05) is 0 Å². The second-order valence-electron chi connectivity index (χ2n) is 5.08. The van der Waals surface area contributed by atoms with Crippen LogP contribution in [-0.4, -0.2) is 50.2 Å². The highest BCUT2D eigenvalue weighted by molar-refractivity contribution is 4.80. The first-order chi connectivity index (χ1) is 7.36. The molecular weight excluding hydrogens is 186 g/mol. The fourth-order valence-electron chi connectivity index (χ4n) is 2.76. The summed E-state index contributed by atoms with van der Waals surface area (Å²) >= 11 is 0. The summed E-state index contributed by atoms with van der Waals surface area (Å²) in [4.78, 5) is 2.51. The highest BCUT2D eigenvalue weighted by Crippen LogP contribution is 2.14. The first-order valence-electron chi connectivity index (χ1n) is 6.50. The number of rotatable bonds is 4. The smallest absolute Gasteiger partial charge is 0.0217 e. The van der Waals surface area contributed by atoms with Gasteiger partial charge in [0.1, 0.15) is 0 Å². The van der Waals surface area contributed by atoms with E-state index in [4.69, 9.17) is 0 Å². The van der Waals surface area contributed by atoms with E-state index in [1.165, 1.54) is 51.7 Å². The third kappa shape index (κ3) is 3.44. The molecule has 0 radical (unpaired) electrons. The fraction of sp³-hybridized carbons (Fsp3) is 1.00. The van der Waals surface area contributed by atoms with Crippen molar-refractivity contribution < 1.29 is 0 Å². The largest absolute Gasteiger partial charge is 0.314 e. The maximum atomic E-state index is 3.62. The molecule has 2 N–H and O–H groups in total. The molecular formula is C12H25N3.